The highest BCUT2D eigenvalue weighted by Gasteiger charge is 2.12. The Labute approximate surface area is 117 Å². The third-order valence-electron chi connectivity index (χ3n) is 2.78. The smallest absolute Gasteiger partial charge is 0.185 e. The van der Waals surface area contributed by atoms with E-state index in [-0.39, 0.29) is 6.61 Å². The van der Waals surface area contributed by atoms with Crippen LogP contribution in [0.5, 0.6) is 17.2 Å². The summed E-state index contributed by atoms with van der Waals surface area (Å²) in [5.41, 5.74) is 1.10. The van der Waals surface area contributed by atoms with Gasteiger partial charge in [-0.2, -0.15) is 0 Å². The molecular weight excluding hydrogens is 258 g/mol. The van der Waals surface area contributed by atoms with Crippen molar-refractivity contribution in [3.8, 4) is 17.2 Å². The molecule has 1 aromatic heterocycles. The molecule has 0 aliphatic carbocycles. The van der Waals surface area contributed by atoms with Crippen molar-refractivity contribution in [2.75, 3.05) is 14.2 Å². The molecule has 0 atom stereocenters. The Kier molecular flexibility index (Phi) is 4.55. The van der Waals surface area contributed by atoms with Crippen molar-refractivity contribution in [3.05, 3.63) is 47.8 Å². The number of hydrogen-bond donors (Lipinski definition) is 0. The Morgan fingerprint density at radius 2 is 1.90 bits per heavy atom. The Morgan fingerprint density at radius 1 is 1.10 bits per heavy atom. The summed E-state index contributed by atoms with van der Waals surface area (Å²) in [5, 5.41) is 0. The predicted molar refractivity (Wildman–Crippen MR) is 73.5 cm³/mol. The van der Waals surface area contributed by atoms with Crippen LogP contribution in [0, 0.1) is 0 Å². The minimum atomic E-state index is 0.186. The van der Waals surface area contributed by atoms with Crippen LogP contribution in [0.2, 0.25) is 0 Å². The number of para-hydroxylation sites is 1. The van der Waals surface area contributed by atoms with Gasteiger partial charge in [-0.1, -0.05) is 12.1 Å². The minimum absolute atomic E-state index is 0.186. The molecule has 0 spiro atoms. The number of ether oxygens (including phenoxy) is 3. The maximum absolute atomic E-state index is 10.9. The number of nitrogens with zero attached hydrogens (tertiary/aromatic N) is 1. The van der Waals surface area contributed by atoms with Crippen LogP contribution in [0.25, 0.3) is 0 Å². The molecule has 0 aliphatic heterocycles. The fourth-order valence-electron chi connectivity index (χ4n) is 1.81. The average Bonchev–Trinajstić information content (AvgIpc) is 2.52. The number of pyridine rings is 1. The van der Waals surface area contributed by atoms with Gasteiger partial charge in [-0.3, -0.25) is 9.78 Å². The van der Waals surface area contributed by atoms with E-state index in [0.29, 0.717) is 28.5 Å². The molecule has 5 heteroatoms. The first-order chi connectivity index (χ1) is 9.80. The summed E-state index contributed by atoms with van der Waals surface area (Å²) in [5.74, 6) is 1.62. The molecule has 1 heterocycles. The largest absolute Gasteiger partial charge is 0.493 e. The van der Waals surface area contributed by atoms with Gasteiger partial charge in [0.05, 0.1) is 19.8 Å². The van der Waals surface area contributed by atoms with Crippen LogP contribution < -0.4 is 14.2 Å². The van der Waals surface area contributed by atoms with Gasteiger partial charge in [0.25, 0.3) is 0 Å². The van der Waals surface area contributed by atoms with Crippen molar-refractivity contribution in [1.82, 2.24) is 4.98 Å². The summed E-state index contributed by atoms with van der Waals surface area (Å²) >= 11 is 0. The Balaban J connectivity index is 2.21. The van der Waals surface area contributed by atoms with Gasteiger partial charge in [0.2, 0.25) is 0 Å². The minimum Gasteiger partial charge on any atom is -0.493 e. The fraction of sp³-hybridized carbons (Fsp3) is 0.200. The second kappa shape index (κ2) is 6.56. The third-order valence-corrected chi connectivity index (χ3v) is 2.78. The number of methoxy groups -OCH3 is 2. The van der Waals surface area contributed by atoms with Gasteiger partial charge in [-0.25, -0.2) is 0 Å². The lowest BCUT2D eigenvalue weighted by Gasteiger charge is -2.13. The first-order valence-corrected chi connectivity index (χ1v) is 6.03. The second-order valence-corrected chi connectivity index (χ2v) is 3.94. The van der Waals surface area contributed by atoms with Gasteiger partial charge in [-0.05, 0) is 12.1 Å². The molecule has 0 N–H and O–H groups in total. The van der Waals surface area contributed by atoms with E-state index in [1.54, 1.807) is 50.7 Å². The van der Waals surface area contributed by atoms with Gasteiger partial charge in [0.15, 0.2) is 17.8 Å². The summed E-state index contributed by atoms with van der Waals surface area (Å²) in [6.07, 6.45) is 2.37. The van der Waals surface area contributed by atoms with Crippen LogP contribution >= 0.6 is 0 Å². The van der Waals surface area contributed by atoms with Gasteiger partial charge >= 0.3 is 0 Å². The van der Waals surface area contributed by atoms with Crippen LogP contribution in [-0.2, 0) is 6.61 Å². The number of aromatic nitrogens is 1. The molecule has 2 rings (SSSR count). The molecule has 0 radical (unpaired) electrons. The lowest BCUT2D eigenvalue weighted by Crippen LogP contribution is -2.04. The Hall–Kier alpha value is -2.56. The molecule has 0 saturated carbocycles. The van der Waals surface area contributed by atoms with E-state index in [0.717, 1.165) is 6.29 Å². The molecule has 2 aromatic rings. The molecular formula is C15H15NO4. The summed E-state index contributed by atoms with van der Waals surface area (Å²) < 4.78 is 16.1. The van der Waals surface area contributed by atoms with E-state index in [4.69, 9.17) is 14.2 Å². The number of rotatable bonds is 6. The van der Waals surface area contributed by atoms with Gasteiger partial charge < -0.3 is 14.2 Å². The normalized spacial score (nSPS) is 9.90. The van der Waals surface area contributed by atoms with Crippen molar-refractivity contribution in [2.45, 2.75) is 6.61 Å². The zero-order valence-corrected chi connectivity index (χ0v) is 11.3. The number of hydrogen-bond acceptors (Lipinski definition) is 5. The van der Waals surface area contributed by atoms with Gasteiger partial charge in [0.1, 0.15) is 18.1 Å². The Bertz CT molecular complexity index is 598. The molecule has 0 unspecified atom stereocenters. The molecule has 5 nitrogen and oxygen atoms in total. The highest BCUT2D eigenvalue weighted by Crippen LogP contribution is 2.30. The van der Waals surface area contributed by atoms with E-state index in [1.807, 2.05) is 0 Å². The van der Waals surface area contributed by atoms with Crippen LogP contribution in [0.15, 0.2) is 36.5 Å². The quantitative estimate of drug-likeness (QED) is 0.757. The van der Waals surface area contributed by atoms with Crippen molar-refractivity contribution in [3.63, 3.8) is 0 Å². The van der Waals surface area contributed by atoms with E-state index >= 15 is 0 Å². The zero-order valence-electron chi connectivity index (χ0n) is 11.3. The molecule has 20 heavy (non-hydrogen) atoms. The second-order valence-electron chi connectivity index (χ2n) is 3.94. The first kappa shape index (κ1) is 13.9. The molecule has 0 aliphatic rings. The third kappa shape index (κ3) is 2.88. The zero-order chi connectivity index (χ0) is 14.4. The molecule has 0 saturated heterocycles. The number of carbonyl (C=O) groups excluding carboxylic acids is 1. The molecule has 1 aromatic carbocycles. The number of benzene rings is 1. The molecule has 0 fully saturated rings. The standard InChI is InChI=1S/C15H15NO4/c1-18-14-7-8-16-12(15(14)19-2)10-20-13-6-4-3-5-11(13)9-17/h3-9H,10H2,1-2H3. The first-order valence-electron chi connectivity index (χ1n) is 6.03. The van der Waals surface area contributed by atoms with Crippen LogP contribution in [0.4, 0.5) is 0 Å². The van der Waals surface area contributed by atoms with Crippen molar-refractivity contribution in [2.24, 2.45) is 0 Å². The van der Waals surface area contributed by atoms with Crippen LogP contribution in [0.3, 0.4) is 0 Å². The van der Waals surface area contributed by atoms with Crippen molar-refractivity contribution < 1.29 is 19.0 Å². The van der Waals surface area contributed by atoms with Crippen LogP contribution in [0.1, 0.15) is 16.1 Å². The summed E-state index contributed by atoms with van der Waals surface area (Å²) in [6.45, 7) is 0.186. The highest BCUT2D eigenvalue weighted by molar-refractivity contribution is 5.79. The van der Waals surface area contributed by atoms with Crippen LogP contribution in [-0.4, -0.2) is 25.5 Å². The van der Waals surface area contributed by atoms with E-state index in [9.17, 15) is 4.79 Å². The van der Waals surface area contributed by atoms with E-state index in [2.05, 4.69) is 4.98 Å². The molecule has 0 bridgehead atoms. The maximum atomic E-state index is 10.9. The SMILES string of the molecule is COc1ccnc(COc2ccccc2C=O)c1OC. The Morgan fingerprint density at radius 3 is 2.60 bits per heavy atom. The van der Waals surface area contributed by atoms with Gasteiger partial charge in [-0.15, -0.1) is 0 Å². The van der Waals surface area contributed by atoms with E-state index in [1.165, 1.54) is 0 Å². The molecule has 104 valence electrons. The molecule has 0 amide bonds. The number of aldehydes is 1. The van der Waals surface area contributed by atoms with Crippen molar-refractivity contribution >= 4 is 6.29 Å². The van der Waals surface area contributed by atoms with Gasteiger partial charge in [0, 0.05) is 12.3 Å². The number of carbonyl (C=O) groups is 1. The van der Waals surface area contributed by atoms with Crippen molar-refractivity contribution in [1.29, 1.82) is 0 Å². The highest BCUT2D eigenvalue weighted by atomic mass is 16.5. The van der Waals surface area contributed by atoms with E-state index < -0.39 is 0 Å². The lowest BCUT2D eigenvalue weighted by molar-refractivity contribution is 0.111. The maximum Gasteiger partial charge on any atom is 0.185 e. The summed E-state index contributed by atoms with van der Waals surface area (Å²) in [6, 6.07) is 8.72. The fourth-order valence-corrected chi connectivity index (χ4v) is 1.81. The lowest BCUT2D eigenvalue weighted by atomic mass is 10.2. The topological polar surface area (TPSA) is 57.7 Å². The summed E-state index contributed by atoms with van der Waals surface area (Å²) in [4.78, 5) is 15.1. The average molecular weight is 273 g/mol. The predicted octanol–water partition coefficient (Wildman–Crippen LogP) is 2.49. The monoisotopic (exact) mass is 273 g/mol. The summed E-state index contributed by atoms with van der Waals surface area (Å²) in [7, 11) is 3.10.